The van der Waals surface area contributed by atoms with E-state index in [2.05, 4.69) is 0 Å². The normalized spacial score (nSPS) is 8.92. The summed E-state index contributed by atoms with van der Waals surface area (Å²) in [5, 5.41) is 8.47. The summed E-state index contributed by atoms with van der Waals surface area (Å²) < 4.78 is 12.9. The van der Waals surface area contributed by atoms with E-state index < -0.39 is 5.82 Å². The first kappa shape index (κ1) is 9.07. The van der Waals surface area contributed by atoms with Crippen LogP contribution in [0.15, 0.2) is 12.1 Å². The van der Waals surface area contributed by atoms with E-state index in [1.165, 1.54) is 0 Å². The molecule has 0 unspecified atom stereocenters. The van der Waals surface area contributed by atoms with E-state index in [1.54, 1.807) is 6.07 Å². The van der Waals surface area contributed by atoms with Gasteiger partial charge in [-0.1, -0.05) is 0 Å². The Morgan fingerprint density at radius 1 is 1.23 bits per heavy atom. The fourth-order valence-electron chi connectivity index (χ4n) is 0.892. The van der Waals surface area contributed by atoms with Crippen LogP contribution in [0.5, 0.6) is 0 Å². The number of nitrogens with zero attached hydrogens (tertiary/aromatic N) is 1. The van der Waals surface area contributed by atoms with Gasteiger partial charge in [-0.15, -0.1) is 0 Å². The highest BCUT2D eigenvalue weighted by Crippen LogP contribution is 2.12. The summed E-state index contributed by atoms with van der Waals surface area (Å²) in [6, 6.07) is 3.57. The van der Waals surface area contributed by atoms with Crippen LogP contribution in [0.3, 0.4) is 0 Å². The van der Waals surface area contributed by atoms with E-state index in [0.29, 0.717) is 12.6 Å². The number of hydrogen-bond donors (Lipinski definition) is 0. The minimum atomic E-state index is -0.794. The molecular weight excluding hydrogens is 173 g/mol. The molecule has 0 saturated carbocycles. The summed E-state index contributed by atoms with van der Waals surface area (Å²) in [7, 11) is 0. The lowest BCUT2D eigenvalue weighted by molar-refractivity contribution is 0.111. The molecule has 0 atom stereocenters. The Kier molecular flexibility index (Phi) is 2.50. The number of hydrogen-bond acceptors (Lipinski definition) is 3. The van der Waals surface area contributed by atoms with E-state index in [0.717, 1.165) is 12.1 Å². The molecule has 0 spiro atoms. The van der Waals surface area contributed by atoms with Crippen molar-refractivity contribution in [2.24, 2.45) is 0 Å². The maximum atomic E-state index is 12.9. The lowest BCUT2D eigenvalue weighted by atomic mass is 10.1. The molecule has 0 radical (unpaired) electrons. The number of halogens is 1. The molecule has 0 amide bonds. The molecule has 0 aliphatic rings. The summed E-state index contributed by atoms with van der Waals surface area (Å²) in [5.41, 5.74) is -0.273. The molecule has 1 aromatic rings. The van der Waals surface area contributed by atoms with Crippen LogP contribution in [0, 0.1) is 17.1 Å². The monoisotopic (exact) mass is 177 g/mol. The van der Waals surface area contributed by atoms with Gasteiger partial charge in [0.05, 0.1) is 17.2 Å². The average molecular weight is 177 g/mol. The molecule has 0 aliphatic carbocycles. The summed E-state index contributed by atoms with van der Waals surface area (Å²) in [6.45, 7) is 0. The molecule has 64 valence electrons. The molecule has 0 N–H and O–H groups in total. The highest BCUT2D eigenvalue weighted by molar-refractivity contribution is 5.84. The van der Waals surface area contributed by atoms with Gasteiger partial charge in [0.2, 0.25) is 0 Å². The van der Waals surface area contributed by atoms with Crippen molar-refractivity contribution >= 4 is 12.6 Å². The third-order valence-corrected chi connectivity index (χ3v) is 1.54. The topological polar surface area (TPSA) is 57.9 Å². The number of nitriles is 1. The smallest absolute Gasteiger partial charge is 0.153 e. The first-order valence-corrected chi connectivity index (χ1v) is 3.37. The van der Waals surface area contributed by atoms with Crippen molar-refractivity contribution in [1.29, 1.82) is 5.26 Å². The Labute approximate surface area is 73.4 Å². The van der Waals surface area contributed by atoms with Crippen LogP contribution < -0.4 is 0 Å². The standard InChI is InChI=1S/C9H4FNO2/c10-9-2-6(3-11)7(4-12)1-8(9)5-13/h1-2,4-5H. The Morgan fingerprint density at radius 3 is 2.31 bits per heavy atom. The molecule has 0 aliphatic heterocycles. The van der Waals surface area contributed by atoms with Gasteiger partial charge < -0.3 is 0 Å². The van der Waals surface area contributed by atoms with Gasteiger partial charge in [0.15, 0.2) is 12.6 Å². The minimum absolute atomic E-state index is 0.0194. The molecule has 0 heterocycles. The Morgan fingerprint density at radius 2 is 1.85 bits per heavy atom. The maximum Gasteiger partial charge on any atom is 0.153 e. The second kappa shape index (κ2) is 3.59. The van der Waals surface area contributed by atoms with E-state index in [1.807, 2.05) is 0 Å². The molecule has 1 aromatic carbocycles. The molecule has 4 heteroatoms. The van der Waals surface area contributed by atoms with Gasteiger partial charge >= 0.3 is 0 Å². The lowest BCUT2D eigenvalue weighted by Gasteiger charge is -1.97. The Hall–Kier alpha value is -2.02. The zero-order valence-electron chi connectivity index (χ0n) is 6.45. The Balaban J connectivity index is 3.45. The third-order valence-electron chi connectivity index (χ3n) is 1.54. The summed E-state index contributed by atoms with van der Waals surface area (Å²) in [4.78, 5) is 20.6. The second-order valence-electron chi connectivity index (χ2n) is 2.31. The number of aldehydes is 2. The maximum absolute atomic E-state index is 12.9. The highest BCUT2D eigenvalue weighted by Gasteiger charge is 2.07. The minimum Gasteiger partial charge on any atom is -0.298 e. The van der Waals surface area contributed by atoms with Crippen LogP contribution in [0.25, 0.3) is 0 Å². The first-order chi connectivity index (χ1) is 6.22. The zero-order valence-corrected chi connectivity index (χ0v) is 6.45. The third kappa shape index (κ3) is 1.59. The second-order valence-corrected chi connectivity index (χ2v) is 2.31. The molecular formula is C9H4FNO2. The zero-order chi connectivity index (χ0) is 9.84. The van der Waals surface area contributed by atoms with Gasteiger partial charge in [0.25, 0.3) is 0 Å². The van der Waals surface area contributed by atoms with Gasteiger partial charge in [0, 0.05) is 5.56 Å². The van der Waals surface area contributed by atoms with Gasteiger partial charge in [-0.25, -0.2) is 4.39 Å². The first-order valence-electron chi connectivity index (χ1n) is 3.37. The van der Waals surface area contributed by atoms with Crippen molar-refractivity contribution in [1.82, 2.24) is 0 Å². The quantitative estimate of drug-likeness (QED) is 0.640. The summed E-state index contributed by atoms with van der Waals surface area (Å²) in [6.07, 6.45) is 0.703. The van der Waals surface area contributed by atoms with E-state index in [4.69, 9.17) is 5.26 Å². The lowest BCUT2D eigenvalue weighted by Crippen LogP contribution is -1.95. The van der Waals surface area contributed by atoms with Gasteiger partial charge in [0.1, 0.15) is 5.82 Å². The molecule has 1 rings (SSSR count). The van der Waals surface area contributed by atoms with E-state index in [-0.39, 0.29) is 16.7 Å². The Bertz CT molecular complexity index is 407. The highest BCUT2D eigenvalue weighted by atomic mass is 19.1. The number of carbonyl (C=O) groups is 2. The fourth-order valence-corrected chi connectivity index (χ4v) is 0.892. The van der Waals surface area contributed by atoms with E-state index in [9.17, 15) is 14.0 Å². The van der Waals surface area contributed by atoms with Crippen molar-refractivity contribution in [3.63, 3.8) is 0 Å². The van der Waals surface area contributed by atoms with Crippen LogP contribution in [0.2, 0.25) is 0 Å². The van der Waals surface area contributed by atoms with Crippen LogP contribution in [-0.2, 0) is 0 Å². The van der Waals surface area contributed by atoms with Crippen molar-refractivity contribution < 1.29 is 14.0 Å². The van der Waals surface area contributed by atoms with Crippen molar-refractivity contribution in [3.8, 4) is 6.07 Å². The fraction of sp³-hybridized carbons (Fsp3) is 0. The SMILES string of the molecule is N#Cc1cc(F)c(C=O)cc1C=O. The summed E-state index contributed by atoms with van der Waals surface area (Å²) in [5.74, 6) is -0.794. The van der Waals surface area contributed by atoms with Gasteiger partial charge in [-0.2, -0.15) is 5.26 Å². The molecule has 0 fully saturated rings. The number of rotatable bonds is 2. The molecule has 0 aromatic heterocycles. The van der Waals surface area contributed by atoms with Crippen LogP contribution in [-0.4, -0.2) is 12.6 Å². The van der Waals surface area contributed by atoms with E-state index >= 15 is 0 Å². The molecule has 0 saturated heterocycles. The van der Waals surface area contributed by atoms with Crippen LogP contribution in [0.4, 0.5) is 4.39 Å². The number of carbonyl (C=O) groups excluding carboxylic acids is 2. The van der Waals surface area contributed by atoms with Crippen molar-refractivity contribution in [3.05, 3.63) is 34.6 Å². The molecule has 0 bridgehead atoms. The average Bonchev–Trinajstić information content (AvgIpc) is 2.17. The largest absolute Gasteiger partial charge is 0.298 e. The number of benzene rings is 1. The van der Waals surface area contributed by atoms with Crippen LogP contribution >= 0.6 is 0 Å². The van der Waals surface area contributed by atoms with Gasteiger partial charge in [-0.05, 0) is 12.1 Å². The molecule has 13 heavy (non-hydrogen) atoms. The predicted octanol–water partition coefficient (Wildman–Crippen LogP) is 1.32. The van der Waals surface area contributed by atoms with Gasteiger partial charge in [-0.3, -0.25) is 9.59 Å². The predicted molar refractivity (Wildman–Crippen MR) is 41.9 cm³/mol. The summed E-state index contributed by atoms with van der Waals surface area (Å²) >= 11 is 0. The molecule has 3 nitrogen and oxygen atoms in total. The van der Waals surface area contributed by atoms with Crippen molar-refractivity contribution in [2.45, 2.75) is 0 Å². The van der Waals surface area contributed by atoms with Crippen molar-refractivity contribution in [2.75, 3.05) is 0 Å². The van der Waals surface area contributed by atoms with Crippen LogP contribution in [0.1, 0.15) is 26.3 Å².